The van der Waals surface area contributed by atoms with E-state index in [1.807, 2.05) is 25.4 Å². The van der Waals surface area contributed by atoms with Gasteiger partial charge >= 0.3 is 6.03 Å². The summed E-state index contributed by atoms with van der Waals surface area (Å²) in [5, 5.41) is 5.93. The van der Waals surface area contributed by atoms with Crippen LogP contribution >= 0.6 is 0 Å². The van der Waals surface area contributed by atoms with Crippen molar-refractivity contribution in [3.8, 4) is 0 Å². The lowest BCUT2D eigenvalue weighted by Gasteiger charge is -2.08. The van der Waals surface area contributed by atoms with Crippen molar-refractivity contribution in [2.24, 2.45) is 5.92 Å². The van der Waals surface area contributed by atoms with E-state index in [4.69, 9.17) is 0 Å². The van der Waals surface area contributed by atoms with E-state index < -0.39 is 0 Å². The Bertz CT molecular complexity index is 652. The van der Waals surface area contributed by atoms with Crippen LogP contribution in [0, 0.1) is 12.8 Å². The van der Waals surface area contributed by atoms with E-state index in [0.29, 0.717) is 18.4 Å². The molecule has 1 aliphatic rings. The second-order valence-electron chi connectivity index (χ2n) is 6.52. The van der Waals surface area contributed by atoms with E-state index in [1.165, 1.54) is 12.0 Å². The Balaban J connectivity index is 1.24. The molecule has 1 fully saturated rings. The number of hydrogen-bond donors (Lipinski definition) is 2. The molecule has 3 rings (SSSR count). The fourth-order valence-electron chi connectivity index (χ4n) is 3.12. The van der Waals surface area contributed by atoms with Gasteiger partial charge in [0.2, 0.25) is 0 Å². The average molecular weight is 326 g/mol. The van der Waals surface area contributed by atoms with Gasteiger partial charge in [0.1, 0.15) is 5.82 Å². The number of carbonyl (C=O) groups excluding carboxylic acids is 1. The summed E-state index contributed by atoms with van der Waals surface area (Å²) >= 11 is 0. The molecule has 5 heteroatoms. The van der Waals surface area contributed by atoms with E-state index in [1.54, 1.807) is 0 Å². The maximum Gasteiger partial charge on any atom is 0.314 e. The summed E-state index contributed by atoms with van der Waals surface area (Å²) in [6.45, 7) is 4.44. The maximum atomic E-state index is 11.8. The first-order valence-electron chi connectivity index (χ1n) is 8.78. The molecule has 2 N–H and O–H groups in total. The SMILES string of the molecule is Cc1nccn1CCCCNC(=O)NC[C@@H]1C[C@@H]1c1ccccc1. The quantitative estimate of drug-likeness (QED) is 0.733. The van der Waals surface area contributed by atoms with Crippen molar-refractivity contribution in [1.82, 2.24) is 20.2 Å². The lowest BCUT2D eigenvalue weighted by atomic mass is 10.1. The minimum Gasteiger partial charge on any atom is -0.338 e. The Morgan fingerprint density at radius 3 is 2.83 bits per heavy atom. The summed E-state index contributed by atoms with van der Waals surface area (Å²) in [4.78, 5) is 16.0. The molecule has 2 atom stereocenters. The van der Waals surface area contributed by atoms with Crippen molar-refractivity contribution in [1.29, 1.82) is 0 Å². The molecule has 1 aromatic carbocycles. The second kappa shape index (κ2) is 7.99. The first kappa shape index (κ1) is 16.6. The summed E-state index contributed by atoms with van der Waals surface area (Å²) in [5.74, 6) is 2.24. The zero-order valence-electron chi connectivity index (χ0n) is 14.2. The highest BCUT2D eigenvalue weighted by Gasteiger charge is 2.37. The molecule has 0 radical (unpaired) electrons. The number of nitrogens with one attached hydrogen (secondary N) is 2. The van der Waals surface area contributed by atoms with Crippen LogP contribution in [0.3, 0.4) is 0 Å². The molecule has 0 unspecified atom stereocenters. The topological polar surface area (TPSA) is 59.0 Å². The van der Waals surface area contributed by atoms with Gasteiger partial charge in [-0.15, -0.1) is 0 Å². The van der Waals surface area contributed by atoms with E-state index >= 15 is 0 Å². The summed E-state index contributed by atoms with van der Waals surface area (Å²) < 4.78 is 2.14. The van der Waals surface area contributed by atoms with Crippen molar-refractivity contribution in [3.05, 3.63) is 54.1 Å². The van der Waals surface area contributed by atoms with Crippen molar-refractivity contribution < 1.29 is 4.79 Å². The van der Waals surface area contributed by atoms with Crippen LogP contribution in [-0.4, -0.2) is 28.7 Å². The fraction of sp³-hybridized carbons (Fsp3) is 0.474. The number of benzene rings is 1. The van der Waals surface area contributed by atoms with Crippen molar-refractivity contribution in [2.75, 3.05) is 13.1 Å². The number of carbonyl (C=O) groups is 1. The van der Waals surface area contributed by atoms with Gasteiger partial charge in [0, 0.05) is 32.0 Å². The summed E-state index contributed by atoms with van der Waals surface area (Å²) in [6.07, 6.45) is 7.00. The molecule has 2 amide bonds. The Morgan fingerprint density at radius 2 is 2.08 bits per heavy atom. The number of imidazole rings is 1. The molecule has 1 saturated carbocycles. The normalized spacial score (nSPS) is 19.0. The van der Waals surface area contributed by atoms with Crippen LogP contribution < -0.4 is 10.6 Å². The van der Waals surface area contributed by atoms with E-state index in [9.17, 15) is 4.79 Å². The predicted molar refractivity (Wildman–Crippen MR) is 94.9 cm³/mol. The number of urea groups is 1. The molecule has 0 aliphatic heterocycles. The third-order valence-corrected chi connectivity index (χ3v) is 4.71. The van der Waals surface area contributed by atoms with Gasteiger partial charge in [-0.2, -0.15) is 0 Å². The van der Waals surface area contributed by atoms with Gasteiger partial charge in [-0.3, -0.25) is 0 Å². The minimum atomic E-state index is -0.0486. The molecular weight excluding hydrogens is 300 g/mol. The zero-order valence-corrected chi connectivity index (χ0v) is 14.2. The number of hydrogen-bond acceptors (Lipinski definition) is 2. The van der Waals surface area contributed by atoms with E-state index in [0.717, 1.165) is 31.8 Å². The highest BCUT2D eigenvalue weighted by molar-refractivity contribution is 5.73. The Morgan fingerprint density at radius 1 is 1.25 bits per heavy atom. The number of amides is 2. The number of rotatable bonds is 8. The molecule has 0 saturated heterocycles. The first-order valence-corrected chi connectivity index (χ1v) is 8.78. The standard InChI is InChI=1S/C19H26N4O/c1-15-20-10-12-23(15)11-6-5-9-21-19(24)22-14-17-13-18(17)16-7-3-2-4-8-16/h2-4,7-8,10,12,17-18H,5-6,9,11,13-14H2,1H3,(H2,21,22,24)/t17-,18+/m0/s1. The van der Waals surface area contributed by atoms with Crippen LogP contribution in [0.25, 0.3) is 0 Å². The highest BCUT2D eigenvalue weighted by Crippen LogP contribution is 2.46. The summed E-state index contributed by atoms with van der Waals surface area (Å²) in [7, 11) is 0. The number of aryl methyl sites for hydroxylation is 2. The molecule has 1 aliphatic carbocycles. The molecule has 24 heavy (non-hydrogen) atoms. The number of nitrogens with zero attached hydrogens (tertiary/aromatic N) is 2. The van der Waals surface area contributed by atoms with Crippen LogP contribution in [0.15, 0.2) is 42.7 Å². The van der Waals surface area contributed by atoms with Crippen LogP contribution in [0.5, 0.6) is 0 Å². The molecule has 1 heterocycles. The van der Waals surface area contributed by atoms with Crippen LogP contribution in [0.1, 0.15) is 36.6 Å². The Hall–Kier alpha value is -2.30. The third kappa shape index (κ3) is 4.60. The molecule has 2 aromatic rings. The molecule has 128 valence electrons. The lowest BCUT2D eigenvalue weighted by molar-refractivity contribution is 0.240. The van der Waals surface area contributed by atoms with Gasteiger partial charge in [0.15, 0.2) is 0 Å². The molecule has 1 aromatic heterocycles. The van der Waals surface area contributed by atoms with E-state index in [-0.39, 0.29) is 6.03 Å². The van der Waals surface area contributed by atoms with Crippen molar-refractivity contribution in [2.45, 2.75) is 38.6 Å². The summed E-state index contributed by atoms with van der Waals surface area (Å²) in [6, 6.07) is 10.5. The largest absolute Gasteiger partial charge is 0.338 e. The van der Waals surface area contributed by atoms with Crippen LogP contribution in [-0.2, 0) is 6.54 Å². The van der Waals surface area contributed by atoms with Crippen molar-refractivity contribution in [3.63, 3.8) is 0 Å². The first-order chi connectivity index (χ1) is 11.7. The molecule has 0 bridgehead atoms. The fourth-order valence-corrected chi connectivity index (χ4v) is 3.12. The maximum absolute atomic E-state index is 11.8. The van der Waals surface area contributed by atoms with Crippen LogP contribution in [0.4, 0.5) is 4.79 Å². The van der Waals surface area contributed by atoms with E-state index in [2.05, 4.69) is 44.5 Å². The van der Waals surface area contributed by atoms with Gasteiger partial charge in [0.05, 0.1) is 0 Å². The highest BCUT2D eigenvalue weighted by atomic mass is 16.2. The third-order valence-electron chi connectivity index (χ3n) is 4.71. The van der Waals surface area contributed by atoms with Gasteiger partial charge in [-0.05, 0) is 43.6 Å². The molecule has 5 nitrogen and oxygen atoms in total. The summed E-state index contributed by atoms with van der Waals surface area (Å²) in [5.41, 5.74) is 1.39. The average Bonchev–Trinajstić information content (AvgIpc) is 3.28. The Labute approximate surface area is 143 Å². The van der Waals surface area contributed by atoms with Crippen molar-refractivity contribution >= 4 is 6.03 Å². The van der Waals surface area contributed by atoms with Crippen LogP contribution in [0.2, 0.25) is 0 Å². The van der Waals surface area contributed by atoms with Gasteiger partial charge in [-0.25, -0.2) is 9.78 Å². The monoisotopic (exact) mass is 326 g/mol. The lowest BCUT2D eigenvalue weighted by Crippen LogP contribution is -2.37. The Kier molecular flexibility index (Phi) is 5.51. The number of unbranched alkanes of at least 4 members (excludes halogenated alkanes) is 1. The smallest absolute Gasteiger partial charge is 0.314 e. The van der Waals surface area contributed by atoms with Gasteiger partial charge < -0.3 is 15.2 Å². The molecular formula is C19H26N4O. The number of aromatic nitrogens is 2. The van der Waals surface area contributed by atoms with Gasteiger partial charge in [0.25, 0.3) is 0 Å². The second-order valence-corrected chi connectivity index (χ2v) is 6.52. The predicted octanol–water partition coefficient (Wildman–Crippen LogP) is 3.07. The zero-order chi connectivity index (χ0) is 16.8. The molecule has 0 spiro atoms. The minimum absolute atomic E-state index is 0.0486. The van der Waals surface area contributed by atoms with Gasteiger partial charge in [-0.1, -0.05) is 30.3 Å².